The fourth-order valence-electron chi connectivity index (χ4n) is 2.42. The highest BCUT2D eigenvalue weighted by atomic mass is 16.5. The van der Waals surface area contributed by atoms with Crippen LogP contribution in [0.1, 0.15) is 55.5 Å². The number of ether oxygens (including phenoxy) is 1. The largest absolute Gasteiger partial charge is 0.484 e. The lowest BCUT2D eigenvalue weighted by Crippen LogP contribution is -2.20. The van der Waals surface area contributed by atoms with Gasteiger partial charge in [0.15, 0.2) is 12.4 Å². The summed E-state index contributed by atoms with van der Waals surface area (Å²) in [6.07, 6.45) is 1.56. The van der Waals surface area contributed by atoms with Crippen molar-refractivity contribution >= 4 is 17.4 Å². The second-order valence-electron chi connectivity index (χ2n) is 6.07. The summed E-state index contributed by atoms with van der Waals surface area (Å²) in [6.45, 7) is 6.09. The second kappa shape index (κ2) is 9.02. The highest BCUT2D eigenvalue weighted by Gasteiger charge is 2.07. The number of carbonyl (C=O) groups excluding carboxylic acids is 2. The Hall–Kier alpha value is -2.62. The van der Waals surface area contributed by atoms with Crippen molar-refractivity contribution < 1.29 is 14.3 Å². The molecule has 0 bridgehead atoms. The molecule has 0 saturated carbocycles. The minimum absolute atomic E-state index is 0.0752. The summed E-state index contributed by atoms with van der Waals surface area (Å²) >= 11 is 0. The Morgan fingerprint density at radius 2 is 1.64 bits per heavy atom. The van der Waals surface area contributed by atoms with E-state index in [4.69, 9.17) is 4.74 Å². The van der Waals surface area contributed by atoms with Gasteiger partial charge in [0.2, 0.25) is 0 Å². The van der Waals surface area contributed by atoms with Gasteiger partial charge in [-0.15, -0.1) is 0 Å². The summed E-state index contributed by atoms with van der Waals surface area (Å²) < 4.78 is 5.46. The molecule has 0 aliphatic carbocycles. The van der Waals surface area contributed by atoms with Crippen LogP contribution in [0.25, 0.3) is 0 Å². The smallest absolute Gasteiger partial charge is 0.262 e. The lowest BCUT2D eigenvalue weighted by molar-refractivity contribution is -0.118. The molecule has 0 radical (unpaired) electrons. The summed E-state index contributed by atoms with van der Waals surface area (Å²) in [5.74, 6) is 0.945. The maximum absolute atomic E-state index is 12.0. The minimum Gasteiger partial charge on any atom is -0.484 e. The van der Waals surface area contributed by atoms with E-state index in [1.165, 1.54) is 5.56 Å². The van der Waals surface area contributed by atoms with Gasteiger partial charge in [-0.2, -0.15) is 0 Å². The molecule has 2 aromatic carbocycles. The number of hydrogen-bond donors (Lipinski definition) is 1. The van der Waals surface area contributed by atoms with Gasteiger partial charge in [-0.25, -0.2) is 0 Å². The zero-order valence-electron chi connectivity index (χ0n) is 15.0. The van der Waals surface area contributed by atoms with Crippen LogP contribution >= 0.6 is 0 Å². The number of carbonyl (C=O) groups is 2. The first-order valence-electron chi connectivity index (χ1n) is 8.69. The van der Waals surface area contributed by atoms with Crippen LogP contribution in [-0.2, 0) is 4.79 Å². The van der Waals surface area contributed by atoms with Crippen LogP contribution in [0.5, 0.6) is 5.75 Å². The third kappa shape index (κ3) is 5.45. The number of benzene rings is 2. The Labute approximate surface area is 149 Å². The average Bonchev–Trinajstić information content (AvgIpc) is 2.66. The van der Waals surface area contributed by atoms with Crippen LogP contribution in [0, 0.1) is 0 Å². The summed E-state index contributed by atoms with van der Waals surface area (Å²) in [7, 11) is 0. The van der Waals surface area contributed by atoms with Gasteiger partial charge >= 0.3 is 0 Å². The first-order chi connectivity index (χ1) is 12.0. The van der Waals surface area contributed by atoms with E-state index in [1.54, 1.807) is 24.3 Å². The molecule has 0 aliphatic heterocycles. The van der Waals surface area contributed by atoms with Crippen LogP contribution in [-0.4, -0.2) is 18.3 Å². The summed E-state index contributed by atoms with van der Waals surface area (Å²) in [5, 5.41) is 2.82. The minimum atomic E-state index is -0.218. The average molecular weight is 339 g/mol. The first kappa shape index (κ1) is 18.7. The number of anilines is 1. The van der Waals surface area contributed by atoms with Crippen molar-refractivity contribution in [2.24, 2.45) is 0 Å². The van der Waals surface area contributed by atoms with Crippen LogP contribution in [0.4, 0.5) is 5.69 Å². The van der Waals surface area contributed by atoms with E-state index in [-0.39, 0.29) is 18.3 Å². The van der Waals surface area contributed by atoms with Gasteiger partial charge in [0.25, 0.3) is 5.91 Å². The van der Waals surface area contributed by atoms with E-state index in [2.05, 4.69) is 19.2 Å². The van der Waals surface area contributed by atoms with E-state index in [0.717, 1.165) is 12.1 Å². The third-order valence-electron chi connectivity index (χ3n) is 4.24. The Balaban J connectivity index is 1.85. The van der Waals surface area contributed by atoms with Crippen LogP contribution in [0.3, 0.4) is 0 Å². The van der Waals surface area contributed by atoms with E-state index >= 15 is 0 Å². The highest BCUT2D eigenvalue weighted by Crippen LogP contribution is 2.20. The molecule has 2 rings (SSSR count). The Morgan fingerprint density at radius 3 is 2.20 bits per heavy atom. The standard InChI is InChI=1S/C21H25NO3/c1-4-15(3)16-6-10-18(11-7-16)22-21(24)14-25-19-12-8-17(9-13-19)20(23)5-2/h6-13,15H,4-5,14H2,1-3H3,(H,22,24). The van der Waals surface area contributed by atoms with Crippen LogP contribution < -0.4 is 10.1 Å². The fraction of sp³-hybridized carbons (Fsp3) is 0.333. The van der Waals surface area contributed by atoms with Crippen molar-refractivity contribution in [3.05, 3.63) is 59.7 Å². The molecule has 1 unspecified atom stereocenters. The maximum atomic E-state index is 12.0. The molecular weight excluding hydrogens is 314 g/mol. The summed E-state index contributed by atoms with van der Waals surface area (Å²) in [5.41, 5.74) is 2.67. The van der Waals surface area contributed by atoms with Crippen LogP contribution in [0.2, 0.25) is 0 Å². The van der Waals surface area contributed by atoms with E-state index in [9.17, 15) is 9.59 Å². The zero-order chi connectivity index (χ0) is 18.2. The van der Waals surface area contributed by atoms with Crippen molar-refractivity contribution in [3.63, 3.8) is 0 Å². The van der Waals surface area contributed by atoms with Crippen molar-refractivity contribution in [2.45, 2.75) is 39.5 Å². The molecule has 132 valence electrons. The van der Waals surface area contributed by atoms with Crippen molar-refractivity contribution in [3.8, 4) is 5.75 Å². The molecule has 0 spiro atoms. The molecule has 1 amide bonds. The molecule has 0 aliphatic rings. The predicted octanol–water partition coefficient (Wildman–Crippen LogP) is 4.81. The lowest BCUT2D eigenvalue weighted by Gasteiger charge is -2.11. The van der Waals surface area contributed by atoms with Crippen molar-refractivity contribution in [1.82, 2.24) is 0 Å². The number of ketones is 1. The highest BCUT2D eigenvalue weighted by molar-refractivity contribution is 5.96. The number of Topliss-reactive ketones (excluding diaryl/α,β-unsaturated/α-hetero) is 1. The molecule has 2 aromatic rings. The topological polar surface area (TPSA) is 55.4 Å². The summed E-state index contributed by atoms with van der Waals surface area (Å²) in [4.78, 5) is 23.6. The molecule has 1 atom stereocenters. The molecule has 0 heterocycles. The van der Waals surface area contributed by atoms with Gasteiger partial charge in [0.05, 0.1) is 0 Å². The maximum Gasteiger partial charge on any atom is 0.262 e. The SMILES string of the molecule is CCC(=O)c1ccc(OCC(=O)Nc2ccc(C(C)CC)cc2)cc1. The van der Waals surface area contributed by atoms with Gasteiger partial charge in [0.1, 0.15) is 5.75 Å². The first-order valence-corrected chi connectivity index (χ1v) is 8.69. The van der Waals surface area contributed by atoms with Gasteiger partial charge in [-0.05, 0) is 54.3 Å². The number of amides is 1. The van der Waals surface area contributed by atoms with E-state index < -0.39 is 0 Å². The lowest BCUT2D eigenvalue weighted by atomic mass is 9.99. The Kier molecular flexibility index (Phi) is 6.75. The monoisotopic (exact) mass is 339 g/mol. The second-order valence-corrected chi connectivity index (χ2v) is 6.07. The number of hydrogen-bond acceptors (Lipinski definition) is 3. The molecular formula is C21H25NO3. The number of rotatable bonds is 8. The quantitative estimate of drug-likeness (QED) is 0.702. The van der Waals surface area contributed by atoms with Crippen molar-refractivity contribution in [1.29, 1.82) is 0 Å². The fourth-order valence-corrected chi connectivity index (χ4v) is 2.42. The summed E-state index contributed by atoms with van der Waals surface area (Å²) in [6, 6.07) is 14.7. The van der Waals surface area contributed by atoms with Crippen molar-refractivity contribution in [2.75, 3.05) is 11.9 Å². The van der Waals surface area contributed by atoms with E-state index in [0.29, 0.717) is 23.7 Å². The molecule has 0 saturated heterocycles. The van der Waals surface area contributed by atoms with Gasteiger partial charge < -0.3 is 10.1 Å². The molecule has 25 heavy (non-hydrogen) atoms. The van der Waals surface area contributed by atoms with Gasteiger partial charge in [0, 0.05) is 17.7 Å². The third-order valence-corrected chi connectivity index (χ3v) is 4.24. The Bertz CT molecular complexity index is 705. The molecule has 4 nitrogen and oxygen atoms in total. The molecule has 4 heteroatoms. The number of nitrogens with one attached hydrogen (secondary N) is 1. The Morgan fingerprint density at radius 1 is 1.00 bits per heavy atom. The molecule has 1 N–H and O–H groups in total. The van der Waals surface area contributed by atoms with Gasteiger partial charge in [-0.3, -0.25) is 9.59 Å². The van der Waals surface area contributed by atoms with Crippen LogP contribution in [0.15, 0.2) is 48.5 Å². The predicted molar refractivity (Wildman–Crippen MR) is 100 cm³/mol. The zero-order valence-corrected chi connectivity index (χ0v) is 15.0. The normalized spacial score (nSPS) is 11.6. The molecule has 0 fully saturated rings. The molecule has 0 aromatic heterocycles. The van der Waals surface area contributed by atoms with Gasteiger partial charge in [-0.1, -0.05) is 32.9 Å². The van der Waals surface area contributed by atoms with E-state index in [1.807, 2.05) is 31.2 Å².